The molecule has 1 aromatic heterocycles. The van der Waals surface area contributed by atoms with Crippen molar-refractivity contribution in [3.63, 3.8) is 0 Å². The molecule has 0 radical (unpaired) electrons. The van der Waals surface area contributed by atoms with Gasteiger partial charge < -0.3 is 4.74 Å². The van der Waals surface area contributed by atoms with Crippen LogP contribution in [0.25, 0.3) is 0 Å². The molecule has 1 saturated heterocycles. The maximum atomic E-state index is 12.2. The van der Waals surface area contributed by atoms with Gasteiger partial charge in [-0.1, -0.05) is 0 Å². The van der Waals surface area contributed by atoms with Gasteiger partial charge in [0.05, 0.1) is 23.1 Å². The van der Waals surface area contributed by atoms with Crippen LogP contribution in [0, 0.1) is 0 Å². The van der Waals surface area contributed by atoms with Crippen molar-refractivity contribution in [1.29, 1.82) is 0 Å². The minimum Gasteiger partial charge on any atom is -0.377 e. The zero-order chi connectivity index (χ0) is 14.9. The van der Waals surface area contributed by atoms with Gasteiger partial charge in [0.15, 0.2) is 0 Å². The van der Waals surface area contributed by atoms with Crippen LogP contribution in [0.4, 0.5) is 0 Å². The standard InChI is InChI=1S/C13H18N2O4S2/c16-13(12-11(9-4-5-9)14-8-20-12)15-21(17,18)7-10-3-1-2-6-19-10/h8-10H,1-7H2,(H,15,16)/t10-/m0/s1. The average molecular weight is 330 g/mol. The molecule has 116 valence electrons. The van der Waals surface area contributed by atoms with Gasteiger partial charge in [-0.3, -0.25) is 4.79 Å². The van der Waals surface area contributed by atoms with Crippen LogP contribution < -0.4 is 4.72 Å². The highest BCUT2D eigenvalue weighted by Crippen LogP contribution is 2.41. The van der Waals surface area contributed by atoms with Crippen LogP contribution in [0.3, 0.4) is 0 Å². The Morgan fingerprint density at radius 3 is 2.86 bits per heavy atom. The molecule has 1 N–H and O–H groups in total. The van der Waals surface area contributed by atoms with E-state index in [1.807, 2.05) is 0 Å². The minimum absolute atomic E-state index is 0.156. The maximum Gasteiger partial charge on any atom is 0.276 e. The van der Waals surface area contributed by atoms with Crippen molar-refractivity contribution in [2.75, 3.05) is 12.4 Å². The highest BCUT2D eigenvalue weighted by Gasteiger charge is 2.32. The third-order valence-electron chi connectivity index (χ3n) is 3.69. The first-order valence-corrected chi connectivity index (χ1v) is 9.68. The predicted octanol–water partition coefficient (Wildman–Crippen LogP) is 1.65. The molecule has 1 atom stereocenters. The van der Waals surface area contributed by atoms with Gasteiger partial charge in [-0.15, -0.1) is 11.3 Å². The van der Waals surface area contributed by atoms with Gasteiger partial charge in [0.2, 0.25) is 10.0 Å². The number of aromatic nitrogens is 1. The monoisotopic (exact) mass is 330 g/mol. The van der Waals surface area contributed by atoms with Crippen LogP contribution in [0.15, 0.2) is 5.51 Å². The first-order valence-electron chi connectivity index (χ1n) is 7.15. The lowest BCUT2D eigenvalue weighted by molar-refractivity contribution is 0.0304. The smallest absolute Gasteiger partial charge is 0.276 e. The van der Waals surface area contributed by atoms with Crippen LogP contribution in [-0.4, -0.2) is 37.8 Å². The van der Waals surface area contributed by atoms with Gasteiger partial charge in [-0.05, 0) is 32.1 Å². The molecular formula is C13H18N2O4S2. The summed E-state index contributed by atoms with van der Waals surface area (Å²) in [5, 5.41) is 0. The quantitative estimate of drug-likeness (QED) is 0.887. The molecule has 0 spiro atoms. The van der Waals surface area contributed by atoms with E-state index >= 15 is 0 Å². The summed E-state index contributed by atoms with van der Waals surface area (Å²) in [7, 11) is -3.67. The summed E-state index contributed by atoms with van der Waals surface area (Å²) < 4.78 is 31.7. The molecule has 2 fully saturated rings. The Morgan fingerprint density at radius 1 is 1.38 bits per heavy atom. The lowest BCUT2D eigenvalue weighted by Gasteiger charge is -2.22. The molecule has 2 heterocycles. The second-order valence-electron chi connectivity index (χ2n) is 5.54. The van der Waals surface area contributed by atoms with Gasteiger partial charge in [0, 0.05) is 12.5 Å². The summed E-state index contributed by atoms with van der Waals surface area (Å²) in [5.41, 5.74) is 2.33. The Bertz CT molecular complexity index is 616. The van der Waals surface area contributed by atoms with Crippen LogP contribution >= 0.6 is 11.3 Å². The fourth-order valence-corrected chi connectivity index (χ4v) is 4.54. The van der Waals surface area contributed by atoms with Crippen LogP contribution in [-0.2, 0) is 14.8 Å². The lowest BCUT2D eigenvalue weighted by atomic mass is 10.1. The number of carbonyl (C=O) groups is 1. The molecule has 1 aromatic rings. The van der Waals surface area contributed by atoms with Crippen molar-refractivity contribution in [1.82, 2.24) is 9.71 Å². The molecule has 6 nitrogen and oxygen atoms in total. The highest BCUT2D eigenvalue weighted by molar-refractivity contribution is 7.90. The van der Waals surface area contributed by atoms with E-state index in [2.05, 4.69) is 9.71 Å². The third-order valence-corrected chi connectivity index (χ3v) is 5.84. The van der Waals surface area contributed by atoms with E-state index in [1.165, 1.54) is 11.3 Å². The fraction of sp³-hybridized carbons (Fsp3) is 0.692. The number of amides is 1. The number of ether oxygens (including phenoxy) is 1. The average Bonchev–Trinajstić information content (AvgIpc) is 3.15. The van der Waals surface area contributed by atoms with Gasteiger partial charge >= 0.3 is 0 Å². The molecule has 21 heavy (non-hydrogen) atoms. The van der Waals surface area contributed by atoms with Gasteiger partial charge in [0.25, 0.3) is 5.91 Å². The molecule has 8 heteroatoms. The van der Waals surface area contributed by atoms with Gasteiger partial charge in [0.1, 0.15) is 4.88 Å². The maximum absolute atomic E-state index is 12.2. The van der Waals surface area contributed by atoms with E-state index in [9.17, 15) is 13.2 Å². The Kier molecular flexibility index (Phi) is 4.28. The Morgan fingerprint density at radius 2 is 2.19 bits per heavy atom. The molecule has 0 bridgehead atoms. The SMILES string of the molecule is O=C(NS(=O)(=O)C[C@@H]1CCCCO1)c1scnc1C1CC1. The van der Waals surface area contributed by atoms with Gasteiger partial charge in [-0.2, -0.15) is 0 Å². The number of carbonyl (C=O) groups excluding carboxylic acids is 1. The minimum atomic E-state index is -3.67. The van der Waals surface area contributed by atoms with Crippen molar-refractivity contribution < 1.29 is 17.9 Å². The number of rotatable bonds is 5. The summed E-state index contributed by atoms with van der Waals surface area (Å²) >= 11 is 1.19. The molecule has 0 aromatic carbocycles. The second kappa shape index (κ2) is 6.02. The Hall–Kier alpha value is -0.990. The molecule has 1 amide bonds. The van der Waals surface area contributed by atoms with Crippen molar-refractivity contribution in [2.45, 2.75) is 44.1 Å². The van der Waals surface area contributed by atoms with E-state index in [0.29, 0.717) is 17.4 Å². The van der Waals surface area contributed by atoms with E-state index in [-0.39, 0.29) is 11.9 Å². The molecule has 1 aliphatic carbocycles. The first kappa shape index (κ1) is 14.9. The Labute approximate surface area is 128 Å². The fourth-order valence-electron chi connectivity index (χ4n) is 2.49. The topological polar surface area (TPSA) is 85.4 Å². The number of nitrogens with one attached hydrogen (secondary N) is 1. The normalized spacial score (nSPS) is 23.0. The van der Waals surface area contributed by atoms with Crippen LogP contribution in [0.5, 0.6) is 0 Å². The number of thiazole rings is 1. The van der Waals surface area contributed by atoms with Crippen LogP contribution in [0.2, 0.25) is 0 Å². The second-order valence-corrected chi connectivity index (χ2v) is 8.16. The van der Waals surface area contributed by atoms with Crippen LogP contribution in [0.1, 0.15) is 53.4 Å². The first-order chi connectivity index (χ1) is 10.1. The van der Waals surface area contributed by atoms with E-state index < -0.39 is 15.9 Å². The van der Waals surface area contributed by atoms with Crippen molar-refractivity contribution in [3.05, 3.63) is 16.1 Å². The molecule has 1 aliphatic heterocycles. The van der Waals surface area contributed by atoms with E-state index in [4.69, 9.17) is 4.74 Å². The summed E-state index contributed by atoms with van der Waals surface area (Å²) in [6.45, 7) is 0.592. The molecular weight excluding hydrogens is 312 g/mol. The number of hydrogen-bond acceptors (Lipinski definition) is 6. The summed E-state index contributed by atoms with van der Waals surface area (Å²) in [5.74, 6) is -0.396. The van der Waals surface area contributed by atoms with Crippen molar-refractivity contribution in [3.8, 4) is 0 Å². The molecule has 1 saturated carbocycles. The van der Waals surface area contributed by atoms with E-state index in [0.717, 1.165) is 37.8 Å². The zero-order valence-corrected chi connectivity index (χ0v) is 13.2. The molecule has 0 unspecified atom stereocenters. The Balaban J connectivity index is 1.63. The number of nitrogens with zero attached hydrogens (tertiary/aromatic N) is 1. The zero-order valence-electron chi connectivity index (χ0n) is 11.6. The lowest BCUT2D eigenvalue weighted by Crippen LogP contribution is -2.38. The summed E-state index contributed by atoms with van der Waals surface area (Å²) in [4.78, 5) is 16.8. The van der Waals surface area contributed by atoms with Crippen molar-refractivity contribution in [2.24, 2.45) is 0 Å². The van der Waals surface area contributed by atoms with Crippen molar-refractivity contribution >= 4 is 27.3 Å². The van der Waals surface area contributed by atoms with E-state index in [1.54, 1.807) is 5.51 Å². The highest BCUT2D eigenvalue weighted by atomic mass is 32.2. The number of sulfonamides is 1. The van der Waals surface area contributed by atoms with Gasteiger partial charge in [-0.25, -0.2) is 18.1 Å². The third kappa shape index (κ3) is 3.81. The summed E-state index contributed by atoms with van der Waals surface area (Å²) in [6.07, 6.45) is 4.39. The molecule has 2 aliphatic rings. The number of hydrogen-bond donors (Lipinski definition) is 1. The largest absolute Gasteiger partial charge is 0.377 e. The predicted molar refractivity (Wildman–Crippen MR) is 78.9 cm³/mol. The molecule has 3 rings (SSSR count). The summed E-state index contributed by atoms with van der Waals surface area (Å²) in [6, 6.07) is 0.